The molecule has 0 spiro atoms. The van der Waals surface area contributed by atoms with Gasteiger partial charge in [-0.15, -0.1) is 0 Å². The summed E-state index contributed by atoms with van der Waals surface area (Å²) < 4.78 is 0. The summed E-state index contributed by atoms with van der Waals surface area (Å²) in [6.07, 6.45) is 1.28. The molecular weight excluding hydrogens is 158 g/mol. The van der Waals surface area contributed by atoms with Crippen molar-refractivity contribution in [1.29, 1.82) is 0 Å². The van der Waals surface area contributed by atoms with E-state index in [1.54, 1.807) is 0 Å². The van der Waals surface area contributed by atoms with Crippen LogP contribution in [0.5, 0.6) is 0 Å². The van der Waals surface area contributed by atoms with Gasteiger partial charge in [-0.3, -0.25) is 0 Å². The van der Waals surface area contributed by atoms with Gasteiger partial charge in [-0.25, -0.2) is 0 Å². The molecule has 3 atom stereocenters. The molecule has 0 unspecified atom stereocenters. The van der Waals surface area contributed by atoms with E-state index < -0.39 is 0 Å². The second kappa shape index (κ2) is 3.15. The third-order valence-corrected chi connectivity index (χ3v) is 2.99. The molecule has 1 heteroatoms. The van der Waals surface area contributed by atoms with Gasteiger partial charge in [0.05, 0.1) is 0 Å². The van der Waals surface area contributed by atoms with Gasteiger partial charge in [0.1, 0.15) is 0 Å². The summed E-state index contributed by atoms with van der Waals surface area (Å²) in [5, 5.41) is 0. The van der Waals surface area contributed by atoms with Crippen LogP contribution in [-0.2, 0) is 0 Å². The van der Waals surface area contributed by atoms with Crippen molar-refractivity contribution in [1.82, 2.24) is 0 Å². The highest BCUT2D eigenvalue weighted by Crippen LogP contribution is 2.48. The Morgan fingerprint density at radius 1 is 1.46 bits per heavy atom. The SMILES string of the molecule is Cc1cccc([C@@H]2C[C@@H]2[C@@H](C)N)c1. The molecule has 0 aliphatic heterocycles. The average molecular weight is 175 g/mol. The van der Waals surface area contributed by atoms with Crippen LogP contribution in [0, 0.1) is 12.8 Å². The maximum absolute atomic E-state index is 5.86. The highest BCUT2D eigenvalue weighted by molar-refractivity contribution is 5.30. The second-order valence-electron chi connectivity index (χ2n) is 4.28. The highest BCUT2D eigenvalue weighted by atomic mass is 14.7. The lowest BCUT2D eigenvalue weighted by Crippen LogP contribution is -2.17. The predicted molar refractivity (Wildman–Crippen MR) is 55.7 cm³/mol. The Kier molecular flexibility index (Phi) is 2.12. The van der Waals surface area contributed by atoms with Gasteiger partial charge in [-0.2, -0.15) is 0 Å². The van der Waals surface area contributed by atoms with E-state index in [9.17, 15) is 0 Å². The lowest BCUT2D eigenvalue weighted by molar-refractivity contribution is 0.631. The quantitative estimate of drug-likeness (QED) is 0.734. The molecule has 1 aromatic carbocycles. The minimum atomic E-state index is 0.352. The standard InChI is InChI=1S/C12H17N/c1-8-4-3-5-10(6-8)12-7-11(12)9(2)13/h3-6,9,11-12H,7,13H2,1-2H3/t9-,11-,12+/m1/s1. The Bertz CT molecular complexity index is 304. The predicted octanol–water partition coefficient (Wildman–Crippen LogP) is 2.45. The first-order chi connectivity index (χ1) is 6.18. The highest BCUT2D eigenvalue weighted by Gasteiger charge is 2.40. The van der Waals surface area contributed by atoms with Crippen LogP contribution in [0.15, 0.2) is 24.3 Å². The van der Waals surface area contributed by atoms with Gasteiger partial charge in [-0.1, -0.05) is 29.8 Å². The van der Waals surface area contributed by atoms with Crippen LogP contribution < -0.4 is 5.73 Å². The molecule has 2 rings (SSSR count). The zero-order valence-electron chi connectivity index (χ0n) is 8.33. The summed E-state index contributed by atoms with van der Waals surface area (Å²) in [7, 11) is 0. The molecule has 0 saturated heterocycles. The molecule has 70 valence electrons. The molecule has 2 N–H and O–H groups in total. The molecule has 0 radical (unpaired) electrons. The summed E-state index contributed by atoms with van der Waals surface area (Å²) in [5.74, 6) is 1.46. The lowest BCUT2D eigenvalue weighted by atomic mass is 10.0. The fourth-order valence-electron chi connectivity index (χ4n) is 2.08. The fourth-order valence-corrected chi connectivity index (χ4v) is 2.08. The largest absolute Gasteiger partial charge is 0.328 e. The maximum atomic E-state index is 5.86. The summed E-state index contributed by atoms with van der Waals surface area (Å²) in [4.78, 5) is 0. The third kappa shape index (κ3) is 1.75. The molecule has 1 aliphatic rings. The number of rotatable bonds is 2. The molecule has 0 aromatic heterocycles. The van der Waals surface area contributed by atoms with Gasteiger partial charge in [0, 0.05) is 6.04 Å². The Hall–Kier alpha value is -0.820. The number of hydrogen-bond acceptors (Lipinski definition) is 1. The summed E-state index contributed by atoms with van der Waals surface area (Å²) in [6.45, 7) is 4.26. The van der Waals surface area contributed by atoms with E-state index in [1.165, 1.54) is 17.5 Å². The van der Waals surface area contributed by atoms with Gasteiger partial charge in [0.2, 0.25) is 0 Å². The molecule has 1 saturated carbocycles. The van der Waals surface area contributed by atoms with E-state index >= 15 is 0 Å². The zero-order chi connectivity index (χ0) is 9.42. The van der Waals surface area contributed by atoms with Crippen LogP contribution in [0.2, 0.25) is 0 Å². The van der Waals surface area contributed by atoms with Crippen LogP contribution >= 0.6 is 0 Å². The minimum absolute atomic E-state index is 0.352. The van der Waals surface area contributed by atoms with Crippen molar-refractivity contribution in [2.75, 3.05) is 0 Å². The van der Waals surface area contributed by atoms with Crippen LogP contribution in [0.4, 0.5) is 0 Å². The normalized spacial score (nSPS) is 28.5. The molecule has 13 heavy (non-hydrogen) atoms. The average Bonchev–Trinajstić information content (AvgIpc) is 2.82. The van der Waals surface area contributed by atoms with Gasteiger partial charge in [0.25, 0.3) is 0 Å². The monoisotopic (exact) mass is 175 g/mol. The van der Waals surface area contributed by atoms with Crippen molar-refractivity contribution in [2.24, 2.45) is 11.7 Å². The molecule has 1 nitrogen and oxygen atoms in total. The van der Waals surface area contributed by atoms with Crippen molar-refractivity contribution >= 4 is 0 Å². The Balaban J connectivity index is 2.12. The van der Waals surface area contributed by atoms with E-state index in [1.807, 2.05) is 0 Å². The number of nitrogens with two attached hydrogens (primary N) is 1. The van der Waals surface area contributed by atoms with Crippen molar-refractivity contribution in [2.45, 2.75) is 32.2 Å². The topological polar surface area (TPSA) is 26.0 Å². The second-order valence-corrected chi connectivity index (χ2v) is 4.28. The third-order valence-electron chi connectivity index (χ3n) is 2.99. The molecule has 1 aromatic rings. The first-order valence-corrected chi connectivity index (χ1v) is 5.00. The van der Waals surface area contributed by atoms with Crippen LogP contribution in [0.3, 0.4) is 0 Å². The van der Waals surface area contributed by atoms with E-state index in [0.29, 0.717) is 6.04 Å². The van der Waals surface area contributed by atoms with Gasteiger partial charge < -0.3 is 5.73 Å². The van der Waals surface area contributed by atoms with Crippen LogP contribution in [0.25, 0.3) is 0 Å². The molecule has 1 aliphatic carbocycles. The Labute approximate surface area is 80.0 Å². The zero-order valence-corrected chi connectivity index (χ0v) is 8.33. The summed E-state index contributed by atoms with van der Waals surface area (Å²) >= 11 is 0. The smallest absolute Gasteiger partial charge is 0.00448 e. The molecule has 0 bridgehead atoms. The first kappa shape index (κ1) is 8.76. The van der Waals surface area contributed by atoms with E-state index in [-0.39, 0.29) is 0 Å². The van der Waals surface area contributed by atoms with Gasteiger partial charge in [0.15, 0.2) is 0 Å². The van der Waals surface area contributed by atoms with Crippen molar-refractivity contribution in [3.8, 4) is 0 Å². The summed E-state index contributed by atoms with van der Waals surface area (Å²) in [5.41, 5.74) is 8.69. The molecular formula is C12H17N. The van der Waals surface area contributed by atoms with Gasteiger partial charge in [-0.05, 0) is 37.7 Å². The van der Waals surface area contributed by atoms with E-state index in [4.69, 9.17) is 5.73 Å². The minimum Gasteiger partial charge on any atom is -0.328 e. The van der Waals surface area contributed by atoms with E-state index in [2.05, 4.69) is 38.1 Å². The van der Waals surface area contributed by atoms with Crippen molar-refractivity contribution < 1.29 is 0 Å². The fraction of sp³-hybridized carbons (Fsp3) is 0.500. The molecule has 0 amide bonds. The Morgan fingerprint density at radius 2 is 2.23 bits per heavy atom. The number of hydrogen-bond donors (Lipinski definition) is 1. The maximum Gasteiger partial charge on any atom is 0.00448 e. The Morgan fingerprint density at radius 3 is 2.77 bits per heavy atom. The lowest BCUT2D eigenvalue weighted by Gasteiger charge is -2.04. The van der Waals surface area contributed by atoms with Crippen molar-refractivity contribution in [3.05, 3.63) is 35.4 Å². The van der Waals surface area contributed by atoms with E-state index in [0.717, 1.165) is 11.8 Å². The van der Waals surface area contributed by atoms with Crippen molar-refractivity contribution in [3.63, 3.8) is 0 Å². The molecule has 0 heterocycles. The molecule has 1 fully saturated rings. The van der Waals surface area contributed by atoms with Gasteiger partial charge >= 0.3 is 0 Å². The first-order valence-electron chi connectivity index (χ1n) is 5.00. The van der Waals surface area contributed by atoms with Crippen LogP contribution in [0.1, 0.15) is 30.4 Å². The number of aryl methyl sites for hydroxylation is 1. The van der Waals surface area contributed by atoms with Crippen LogP contribution in [-0.4, -0.2) is 6.04 Å². The number of benzene rings is 1. The summed E-state index contributed by atoms with van der Waals surface area (Å²) in [6, 6.07) is 9.15.